The summed E-state index contributed by atoms with van der Waals surface area (Å²) in [6.07, 6.45) is 1.90. The van der Waals surface area contributed by atoms with Crippen LogP contribution in [0.5, 0.6) is 5.75 Å². The van der Waals surface area contributed by atoms with Gasteiger partial charge in [0.05, 0.1) is 12.7 Å². The molecule has 1 aliphatic rings. The molecule has 1 aromatic rings. The van der Waals surface area contributed by atoms with Gasteiger partial charge >= 0.3 is 0 Å². The van der Waals surface area contributed by atoms with Crippen LogP contribution in [0.15, 0.2) is 59.3 Å². The van der Waals surface area contributed by atoms with Gasteiger partial charge < -0.3 is 15.4 Å². The van der Waals surface area contributed by atoms with Crippen LogP contribution in [0.2, 0.25) is 0 Å². The van der Waals surface area contributed by atoms with Gasteiger partial charge in [-0.2, -0.15) is 0 Å². The number of allylic oxidation sites excluding steroid dienone is 2. The number of carbonyl (C=O) groups is 1. The second-order valence-electron chi connectivity index (χ2n) is 5.37. The minimum atomic E-state index is -0.0560. The lowest BCUT2D eigenvalue weighted by Gasteiger charge is -2.15. The first-order valence-electron chi connectivity index (χ1n) is 7.21. The molecule has 0 bridgehead atoms. The average molecular weight is 298 g/mol. The molecule has 0 aliphatic carbocycles. The van der Waals surface area contributed by atoms with Gasteiger partial charge in [0.1, 0.15) is 5.75 Å². The number of hydrogen-bond donors (Lipinski definition) is 1. The second kappa shape index (κ2) is 6.52. The van der Waals surface area contributed by atoms with Crippen molar-refractivity contribution in [1.29, 1.82) is 0 Å². The Morgan fingerprint density at radius 1 is 1.41 bits per heavy atom. The van der Waals surface area contributed by atoms with Gasteiger partial charge in [-0.1, -0.05) is 24.8 Å². The minimum Gasteiger partial charge on any atom is -0.497 e. The first-order valence-corrected chi connectivity index (χ1v) is 7.21. The second-order valence-corrected chi connectivity index (χ2v) is 5.37. The summed E-state index contributed by atoms with van der Waals surface area (Å²) in [7, 11) is 1.63. The van der Waals surface area contributed by atoms with E-state index in [1.807, 2.05) is 44.2 Å². The number of ether oxygens (including phenoxy) is 1. The Morgan fingerprint density at radius 2 is 2.05 bits per heavy atom. The number of amides is 1. The summed E-state index contributed by atoms with van der Waals surface area (Å²) in [5.74, 6) is 0.744. The van der Waals surface area contributed by atoms with Crippen molar-refractivity contribution in [3.05, 3.63) is 64.9 Å². The Balaban J connectivity index is 2.21. The molecule has 0 radical (unpaired) electrons. The standard InChI is InChI=1S/C18H22N2O2/c1-5-12(2)17(19)16-13(3)10-20(18(16)21)11-14-6-8-15(22-4)9-7-14/h5-9H,3,10-11,19H2,1-2,4H3/b12-5-,17-16-. The summed E-state index contributed by atoms with van der Waals surface area (Å²) in [5.41, 5.74) is 9.88. The van der Waals surface area contributed by atoms with E-state index in [0.717, 1.165) is 22.5 Å². The maximum Gasteiger partial charge on any atom is 0.256 e. The Hall–Kier alpha value is -2.49. The van der Waals surface area contributed by atoms with E-state index >= 15 is 0 Å². The Bertz CT molecular complexity index is 654. The summed E-state index contributed by atoms with van der Waals surface area (Å²) in [4.78, 5) is 14.3. The van der Waals surface area contributed by atoms with E-state index in [9.17, 15) is 4.79 Å². The number of hydrogen-bond acceptors (Lipinski definition) is 3. The van der Waals surface area contributed by atoms with Gasteiger partial charge in [0, 0.05) is 18.8 Å². The van der Waals surface area contributed by atoms with Gasteiger partial charge in [-0.05, 0) is 42.7 Å². The fraction of sp³-hybridized carbons (Fsp3) is 0.278. The first kappa shape index (κ1) is 15.9. The molecule has 4 heteroatoms. The van der Waals surface area contributed by atoms with Crippen LogP contribution in [0.1, 0.15) is 19.4 Å². The van der Waals surface area contributed by atoms with Crippen molar-refractivity contribution in [2.75, 3.05) is 13.7 Å². The fourth-order valence-electron chi connectivity index (χ4n) is 2.43. The number of nitrogens with two attached hydrogens (primary N) is 1. The van der Waals surface area contributed by atoms with Crippen LogP contribution in [0.4, 0.5) is 0 Å². The van der Waals surface area contributed by atoms with E-state index in [-0.39, 0.29) is 5.91 Å². The Kier molecular flexibility index (Phi) is 4.71. The van der Waals surface area contributed by atoms with Crippen molar-refractivity contribution >= 4 is 5.91 Å². The molecule has 1 saturated heterocycles. The molecule has 1 fully saturated rings. The minimum absolute atomic E-state index is 0.0560. The highest BCUT2D eigenvalue weighted by Crippen LogP contribution is 2.27. The van der Waals surface area contributed by atoms with Gasteiger partial charge in [-0.25, -0.2) is 0 Å². The van der Waals surface area contributed by atoms with Gasteiger partial charge in [0.25, 0.3) is 5.91 Å². The molecular weight excluding hydrogens is 276 g/mol. The number of likely N-dealkylation sites (tertiary alicyclic amines) is 1. The number of rotatable bonds is 4. The normalized spacial score (nSPS) is 18.0. The number of methoxy groups -OCH3 is 1. The van der Waals surface area contributed by atoms with E-state index in [4.69, 9.17) is 10.5 Å². The summed E-state index contributed by atoms with van der Waals surface area (Å²) < 4.78 is 5.14. The summed E-state index contributed by atoms with van der Waals surface area (Å²) in [6.45, 7) is 8.84. The van der Waals surface area contributed by atoms with Crippen molar-refractivity contribution in [1.82, 2.24) is 4.90 Å². The summed E-state index contributed by atoms with van der Waals surface area (Å²) in [6, 6.07) is 7.69. The fourth-order valence-corrected chi connectivity index (χ4v) is 2.43. The first-order chi connectivity index (χ1) is 10.5. The zero-order valence-electron chi connectivity index (χ0n) is 13.3. The lowest BCUT2D eigenvalue weighted by Crippen LogP contribution is -2.25. The van der Waals surface area contributed by atoms with Crippen molar-refractivity contribution in [2.45, 2.75) is 20.4 Å². The monoisotopic (exact) mass is 298 g/mol. The zero-order chi connectivity index (χ0) is 16.3. The van der Waals surface area contributed by atoms with Crippen LogP contribution in [0.3, 0.4) is 0 Å². The van der Waals surface area contributed by atoms with Crippen LogP contribution in [0, 0.1) is 0 Å². The van der Waals surface area contributed by atoms with E-state index in [0.29, 0.717) is 24.4 Å². The molecule has 1 heterocycles. The smallest absolute Gasteiger partial charge is 0.256 e. The van der Waals surface area contributed by atoms with E-state index in [2.05, 4.69) is 6.58 Å². The summed E-state index contributed by atoms with van der Waals surface area (Å²) >= 11 is 0. The number of carbonyl (C=O) groups excluding carboxylic acids is 1. The van der Waals surface area contributed by atoms with Gasteiger partial charge in [-0.3, -0.25) is 4.79 Å². The maximum absolute atomic E-state index is 12.6. The maximum atomic E-state index is 12.6. The molecule has 0 unspecified atom stereocenters. The van der Waals surface area contributed by atoms with E-state index in [1.54, 1.807) is 12.0 Å². The van der Waals surface area contributed by atoms with Crippen LogP contribution in [-0.2, 0) is 11.3 Å². The van der Waals surface area contributed by atoms with Gasteiger partial charge in [0.2, 0.25) is 0 Å². The molecule has 0 spiro atoms. The molecular formula is C18H22N2O2. The molecule has 1 amide bonds. The lowest BCUT2D eigenvalue weighted by atomic mass is 10.0. The molecule has 2 N–H and O–H groups in total. The van der Waals surface area contributed by atoms with Gasteiger partial charge in [-0.15, -0.1) is 0 Å². The topological polar surface area (TPSA) is 55.6 Å². The van der Waals surface area contributed by atoms with Crippen molar-refractivity contribution in [3.8, 4) is 5.75 Å². The Morgan fingerprint density at radius 3 is 2.59 bits per heavy atom. The molecule has 0 aromatic heterocycles. The predicted molar refractivity (Wildman–Crippen MR) is 88.2 cm³/mol. The molecule has 2 rings (SSSR count). The van der Waals surface area contributed by atoms with Crippen LogP contribution in [-0.4, -0.2) is 24.5 Å². The quantitative estimate of drug-likeness (QED) is 0.870. The third kappa shape index (κ3) is 3.06. The van der Waals surface area contributed by atoms with Crippen molar-refractivity contribution in [2.24, 2.45) is 5.73 Å². The molecule has 0 atom stereocenters. The van der Waals surface area contributed by atoms with Gasteiger partial charge in [0.15, 0.2) is 0 Å². The molecule has 1 aromatic carbocycles. The largest absolute Gasteiger partial charge is 0.497 e. The van der Waals surface area contributed by atoms with E-state index < -0.39 is 0 Å². The molecule has 1 aliphatic heterocycles. The third-order valence-corrected chi connectivity index (χ3v) is 3.90. The zero-order valence-corrected chi connectivity index (χ0v) is 13.3. The van der Waals surface area contributed by atoms with Crippen molar-refractivity contribution < 1.29 is 9.53 Å². The van der Waals surface area contributed by atoms with Crippen molar-refractivity contribution in [3.63, 3.8) is 0 Å². The third-order valence-electron chi connectivity index (χ3n) is 3.90. The lowest BCUT2D eigenvalue weighted by molar-refractivity contribution is -0.125. The average Bonchev–Trinajstić information content (AvgIpc) is 2.80. The number of benzene rings is 1. The number of nitrogens with zero attached hydrogens (tertiary/aromatic N) is 1. The summed E-state index contributed by atoms with van der Waals surface area (Å²) in [5, 5.41) is 0. The van der Waals surface area contributed by atoms with Crippen LogP contribution in [0.25, 0.3) is 0 Å². The molecule has 22 heavy (non-hydrogen) atoms. The predicted octanol–water partition coefficient (Wildman–Crippen LogP) is 2.77. The highest BCUT2D eigenvalue weighted by molar-refractivity contribution is 6.02. The molecule has 0 saturated carbocycles. The van der Waals surface area contributed by atoms with E-state index in [1.165, 1.54) is 0 Å². The Labute approximate surface area is 131 Å². The SMILES string of the molecule is C=C1CN(Cc2ccc(OC)cc2)C(=O)/C1=C(N)/C(C)=C\C. The van der Waals surface area contributed by atoms with Crippen LogP contribution < -0.4 is 10.5 Å². The highest BCUT2D eigenvalue weighted by Gasteiger charge is 2.31. The highest BCUT2D eigenvalue weighted by atomic mass is 16.5. The molecule has 116 valence electrons. The molecule has 4 nitrogen and oxygen atoms in total. The van der Waals surface area contributed by atoms with Crippen LogP contribution >= 0.6 is 0 Å².